The third kappa shape index (κ3) is 4.15. The molecule has 0 radical (unpaired) electrons. The number of nitrogens with one attached hydrogen (secondary N) is 2. The molecule has 0 saturated carbocycles. The van der Waals surface area contributed by atoms with Gasteiger partial charge in [-0.25, -0.2) is 0 Å². The van der Waals surface area contributed by atoms with Crippen molar-refractivity contribution in [2.24, 2.45) is 0 Å². The van der Waals surface area contributed by atoms with E-state index in [4.69, 9.17) is 0 Å². The lowest BCUT2D eigenvalue weighted by Crippen LogP contribution is -2.19. The van der Waals surface area contributed by atoms with E-state index in [0.717, 1.165) is 38.2 Å². The maximum absolute atomic E-state index is 11.8. The molecule has 1 aliphatic heterocycles. The van der Waals surface area contributed by atoms with Crippen molar-refractivity contribution in [1.29, 1.82) is 0 Å². The van der Waals surface area contributed by atoms with Crippen LogP contribution in [0.1, 0.15) is 24.0 Å². The smallest absolute Gasteiger partial charge is 0.224 e. The van der Waals surface area contributed by atoms with E-state index in [1.54, 1.807) is 0 Å². The van der Waals surface area contributed by atoms with Crippen molar-refractivity contribution in [1.82, 2.24) is 5.32 Å². The Morgan fingerprint density at radius 1 is 1.12 bits per heavy atom. The summed E-state index contributed by atoms with van der Waals surface area (Å²) in [7, 11) is 1.90. The summed E-state index contributed by atoms with van der Waals surface area (Å²) in [6.07, 6.45) is 2.53. The topological polar surface area (TPSA) is 44.4 Å². The van der Waals surface area contributed by atoms with Crippen molar-refractivity contribution in [2.75, 3.05) is 30.4 Å². The van der Waals surface area contributed by atoms with E-state index < -0.39 is 0 Å². The Labute approximate surface area is 143 Å². The van der Waals surface area contributed by atoms with E-state index in [-0.39, 0.29) is 5.91 Å². The first kappa shape index (κ1) is 16.5. The Kier molecular flexibility index (Phi) is 5.49. The summed E-state index contributed by atoms with van der Waals surface area (Å²) in [5, 5.41) is 6.01. The molecule has 2 aromatic carbocycles. The number of amides is 1. The van der Waals surface area contributed by atoms with Gasteiger partial charge in [-0.1, -0.05) is 30.3 Å². The number of benzene rings is 2. The second kappa shape index (κ2) is 7.97. The quantitative estimate of drug-likeness (QED) is 0.769. The fourth-order valence-electron chi connectivity index (χ4n) is 3.13. The molecule has 0 aromatic heterocycles. The molecule has 2 N–H and O–H groups in total. The Morgan fingerprint density at radius 3 is 2.71 bits per heavy atom. The maximum atomic E-state index is 11.8. The fourth-order valence-corrected chi connectivity index (χ4v) is 3.13. The summed E-state index contributed by atoms with van der Waals surface area (Å²) in [4.78, 5) is 14.3. The lowest BCUT2D eigenvalue weighted by molar-refractivity contribution is -0.116. The maximum Gasteiger partial charge on any atom is 0.224 e. The lowest BCUT2D eigenvalue weighted by Gasteiger charge is -2.19. The van der Waals surface area contributed by atoms with Crippen LogP contribution >= 0.6 is 0 Å². The average molecular weight is 323 g/mol. The van der Waals surface area contributed by atoms with Crippen LogP contribution in [0.5, 0.6) is 0 Å². The number of fused-ring (bicyclic) bond motifs is 1. The number of rotatable bonds is 7. The van der Waals surface area contributed by atoms with Crippen LogP contribution in [0.2, 0.25) is 0 Å². The molecule has 0 aliphatic carbocycles. The molecular weight excluding hydrogens is 298 g/mol. The second-order valence-electron chi connectivity index (χ2n) is 6.25. The normalized spacial score (nSPS) is 13.0. The molecule has 0 atom stereocenters. The predicted molar refractivity (Wildman–Crippen MR) is 99.4 cm³/mol. The van der Waals surface area contributed by atoms with E-state index in [2.05, 4.69) is 51.9 Å². The molecule has 1 heterocycles. The van der Waals surface area contributed by atoms with E-state index in [1.165, 1.54) is 16.8 Å². The van der Waals surface area contributed by atoms with Gasteiger partial charge in [0.2, 0.25) is 5.91 Å². The van der Waals surface area contributed by atoms with Crippen molar-refractivity contribution in [3.63, 3.8) is 0 Å². The van der Waals surface area contributed by atoms with Gasteiger partial charge < -0.3 is 15.5 Å². The van der Waals surface area contributed by atoms with Crippen molar-refractivity contribution in [3.05, 3.63) is 59.7 Å². The SMILES string of the molecule is CNCCCC(=O)Nc1ccc(CN2CCc3ccccc32)cc1. The number of carbonyl (C=O) groups excluding carboxylic acids is 1. The van der Waals surface area contributed by atoms with E-state index in [0.29, 0.717) is 6.42 Å². The standard InChI is InChI=1S/C20H25N3O/c1-21-13-4-7-20(24)22-18-10-8-16(9-11-18)15-23-14-12-17-5-2-3-6-19(17)23/h2-3,5-6,8-11,21H,4,7,12-15H2,1H3,(H,22,24). The first-order valence-electron chi connectivity index (χ1n) is 8.62. The molecule has 1 aliphatic rings. The zero-order chi connectivity index (χ0) is 16.8. The summed E-state index contributed by atoms with van der Waals surface area (Å²) in [6, 6.07) is 16.8. The number of hydrogen-bond donors (Lipinski definition) is 2. The molecular formula is C20H25N3O. The molecule has 0 bridgehead atoms. The largest absolute Gasteiger partial charge is 0.367 e. The molecule has 4 nitrogen and oxygen atoms in total. The predicted octanol–water partition coefficient (Wildman–Crippen LogP) is 3.19. The zero-order valence-corrected chi connectivity index (χ0v) is 14.2. The first-order chi connectivity index (χ1) is 11.8. The molecule has 0 fully saturated rings. The summed E-state index contributed by atoms with van der Waals surface area (Å²) >= 11 is 0. The molecule has 0 spiro atoms. The third-order valence-corrected chi connectivity index (χ3v) is 4.43. The Balaban J connectivity index is 1.55. The molecule has 0 saturated heterocycles. The van der Waals surface area contributed by atoms with Gasteiger partial charge in [-0.15, -0.1) is 0 Å². The van der Waals surface area contributed by atoms with Gasteiger partial charge in [0.05, 0.1) is 0 Å². The minimum Gasteiger partial charge on any atom is -0.367 e. The van der Waals surface area contributed by atoms with Crippen LogP contribution in [0.4, 0.5) is 11.4 Å². The van der Waals surface area contributed by atoms with Gasteiger partial charge >= 0.3 is 0 Å². The minimum atomic E-state index is 0.0754. The first-order valence-corrected chi connectivity index (χ1v) is 8.62. The van der Waals surface area contributed by atoms with Crippen LogP contribution < -0.4 is 15.5 Å². The summed E-state index contributed by atoms with van der Waals surface area (Å²) < 4.78 is 0. The van der Waals surface area contributed by atoms with Gasteiger partial charge in [0, 0.05) is 30.9 Å². The van der Waals surface area contributed by atoms with Crippen LogP contribution in [0, 0.1) is 0 Å². The molecule has 1 amide bonds. The number of hydrogen-bond acceptors (Lipinski definition) is 3. The number of carbonyl (C=O) groups is 1. The second-order valence-corrected chi connectivity index (χ2v) is 6.25. The molecule has 3 rings (SSSR count). The molecule has 4 heteroatoms. The number of para-hydroxylation sites is 1. The average Bonchev–Trinajstić information content (AvgIpc) is 3.00. The molecule has 0 unspecified atom stereocenters. The zero-order valence-electron chi connectivity index (χ0n) is 14.2. The van der Waals surface area contributed by atoms with Gasteiger partial charge in [0.1, 0.15) is 0 Å². The van der Waals surface area contributed by atoms with Crippen LogP contribution in [-0.4, -0.2) is 26.0 Å². The molecule has 2 aromatic rings. The highest BCUT2D eigenvalue weighted by Crippen LogP contribution is 2.28. The number of nitrogens with zero attached hydrogens (tertiary/aromatic N) is 1. The van der Waals surface area contributed by atoms with Crippen LogP contribution in [0.25, 0.3) is 0 Å². The monoisotopic (exact) mass is 323 g/mol. The summed E-state index contributed by atoms with van der Waals surface area (Å²) in [5.41, 5.74) is 4.91. The van der Waals surface area contributed by atoms with Crippen molar-refractivity contribution in [2.45, 2.75) is 25.8 Å². The van der Waals surface area contributed by atoms with Crippen molar-refractivity contribution < 1.29 is 4.79 Å². The molecule has 24 heavy (non-hydrogen) atoms. The third-order valence-electron chi connectivity index (χ3n) is 4.43. The van der Waals surface area contributed by atoms with Gasteiger partial charge in [0.25, 0.3) is 0 Å². The lowest BCUT2D eigenvalue weighted by atomic mass is 10.1. The Bertz CT molecular complexity index is 682. The Morgan fingerprint density at radius 2 is 1.92 bits per heavy atom. The van der Waals surface area contributed by atoms with E-state index in [9.17, 15) is 4.79 Å². The highest BCUT2D eigenvalue weighted by atomic mass is 16.1. The van der Waals surface area contributed by atoms with Crippen LogP contribution in [-0.2, 0) is 17.8 Å². The van der Waals surface area contributed by atoms with Crippen LogP contribution in [0.3, 0.4) is 0 Å². The highest BCUT2D eigenvalue weighted by molar-refractivity contribution is 5.90. The van der Waals surface area contributed by atoms with Crippen molar-refractivity contribution >= 4 is 17.3 Å². The van der Waals surface area contributed by atoms with Gasteiger partial charge in [-0.05, 0) is 55.8 Å². The van der Waals surface area contributed by atoms with Gasteiger partial charge in [0.15, 0.2) is 0 Å². The Hall–Kier alpha value is -2.33. The minimum absolute atomic E-state index is 0.0754. The van der Waals surface area contributed by atoms with E-state index in [1.807, 2.05) is 19.2 Å². The van der Waals surface area contributed by atoms with Crippen LogP contribution in [0.15, 0.2) is 48.5 Å². The summed E-state index contributed by atoms with van der Waals surface area (Å²) in [5.74, 6) is 0.0754. The summed E-state index contributed by atoms with van der Waals surface area (Å²) in [6.45, 7) is 2.85. The molecule has 126 valence electrons. The van der Waals surface area contributed by atoms with E-state index >= 15 is 0 Å². The van der Waals surface area contributed by atoms with Crippen molar-refractivity contribution in [3.8, 4) is 0 Å². The fraction of sp³-hybridized carbons (Fsp3) is 0.350. The number of anilines is 2. The highest BCUT2D eigenvalue weighted by Gasteiger charge is 2.18. The van der Waals surface area contributed by atoms with Gasteiger partial charge in [-0.2, -0.15) is 0 Å². The van der Waals surface area contributed by atoms with Gasteiger partial charge in [-0.3, -0.25) is 4.79 Å².